The van der Waals surface area contributed by atoms with Crippen molar-refractivity contribution in [2.24, 2.45) is 0 Å². The monoisotopic (exact) mass is 269 g/mol. The van der Waals surface area contributed by atoms with Gasteiger partial charge in [-0.25, -0.2) is 0 Å². The fourth-order valence-corrected chi connectivity index (χ4v) is 3.11. The van der Waals surface area contributed by atoms with Crippen molar-refractivity contribution in [1.82, 2.24) is 5.32 Å². The summed E-state index contributed by atoms with van der Waals surface area (Å²) < 4.78 is 5.93. The zero-order valence-electron chi connectivity index (χ0n) is 12.4. The van der Waals surface area contributed by atoms with Crippen LogP contribution in [0.1, 0.15) is 49.3 Å². The molecular formula is C18H23NO. The van der Waals surface area contributed by atoms with E-state index >= 15 is 0 Å². The van der Waals surface area contributed by atoms with Gasteiger partial charge in [0.2, 0.25) is 0 Å². The van der Waals surface area contributed by atoms with E-state index in [1.807, 2.05) is 6.92 Å². The summed E-state index contributed by atoms with van der Waals surface area (Å²) in [6.07, 6.45) is 3.61. The summed E-state index contributed by atoms with van der Waals surface area (Å²) in [6.45, 7) is 5.25. The van der Waals surface area contributed by atoms with E-state index in [9.17, 15) is 0 Å². The third-order valence-corrected chi connectivity index (χ3v) is 4.33. The quantitative estimate of drug-likeness (QED) is 0.843. The van der Waals surface area contributed by atoms with Crippen molar-refractivity contribution in [3.63, 3.8) is 0 Å². The Balaban J connectivity index is 1.93. The second-order valence-corrected chi connectivity index (χ2v) is 5.86. The Kier molecular flexibility index (Phi) is 3.66. The highest BCUT2D eigenvalue weighted by Gasteiger charge is 2.52. The molecule has 1 aliphatic carbocycles. The van der Waals surface area contributed by atoms with E-state index in [0.717, 1.165) is 24.5 Å². The fraction of sp³-hybridized carbons (Fsp3) is 0.444. The molecule has 2 heteroatoms. The number of aryl methyl sites for hydroxylation is 1. The van der Waals surface area contributed by atoms with Gasteiger partial charge < -0.3 is 9.73 Å². The molecule has 1 atom stereocenters. The maximum Gasteiger partial charge on any atom is 0.121 e. The molecule has 1 aromatic carbocycles. The zero-order chi connectivity index (χ0) is 14.0. The van der Waals surface area contributed by atoms with Crippen molar-refractivity contribution in [1.29, 1.82) is 0 Å². The van der Waals surface area contributed by atoms with Crippen molar-refractivity contribution in [2.45, 2.75) is 44.6 Å². The van der Waals surface area contributed by atoms with Crippen LogP contribution in [0.25, 0.3) is 0 Å². The maximum atomic E-state index is 5.93. The van der Waals surface area contributed by atoms with Gasteiger partial charge in [-0.15, -0.1) is 0 Å². The average molecular weight is 269 g/mol. The van der Waals surface area contributed by atoms with Crippen LogP contribution in [0, 0.1) is 6.92 Å². The topological polar surface area (TPSA) is 25.2 Å². The van der Waals surface area contributed by atoms with E-state index in [-0.39, 0.29) is 5.41 Å². The molecule has 1 unspecified atom stereocenters. The summed E-state index contributed by atoms with van der Waals surface area (Å²) in [6, 6.07) is 15.4. The number of hydrogen-bond donors (Lipinski definition) is 1. The molecule has 1 N–H and O–H groups in total. The first kappa shape index (κ1) is 13.4. The lowest BCUT2D eigenvalue weighted by Gasteiger charge is -2.27. The molecule has 2 aromatic rings. The molecule has 2 nitrogen and oxygen atoms in total. The summed E-state index contributed by atoms with van der Waals surface area (Å²) in [7, 11) is 0. The maximum absolute atomic E-state index is 5.93. The lowest BCUT2D eigenvalue weighted by molar-refractivity contribution is 0.345. The molecule has 1 fully saturated rings. The molecule has 20 heavy (non-hydrogen) atoms. The van der Waals surface area contributed by atoms with Gasteiger partial charge in [0.25, 0.3) is 0 Å². The standard InChI is InChI=1S/C18H23NO/c1-3-13-19-17(16-10-9-14(2)20-16)18(11-12-18)15-7-5-4-6-8-15/h4-10,17,19H,3,11-13H2,1-2H3. The van der Waals surface area contributed by atoms with Crippen molar-refractivity contribution >= 4 is 0 Å². The Hall–Kier alpha value is -1.54. The third-order valence-electron chi connectivity index (χ3n) is 4.33. The van der Waals surface area contributed by atoms with Crippen LogP contribution in [0.2, 0.25) is 0 Å². The number of hydrogen-bond acceptors (Lipinski definition) is 2. The fourth-order valence-electron chi connectivity index (χ4n) is 3.11. The number of benzene rings is 1. The molecule has 0 bridgehead atoms. The van der Waals surface area contributed by atoms with Gasteiger partial charge in [0, 0.05) is 5.41 Å². The molecule has 3 rings (SSSR count). The molecule has 0 spiro atoms. The highest BCUT2D eigenvalue weighted by molar-refractivity contribution is 5.36. The first-order chi connectivity index (χ1) is 9.76. The van der Waals surface area contributed by atoms with Gasteiger partial charge in [-0.2, -0.15) is 0 Å². The molecule has 0 saturated heterocycles. The minimum atomic E-state index is 0.223. The van der Waals surface area contributed by atoms with Crippen LogP contribution >= 0.6 is 0 Å². The minimum absolute atomic E-state index is 0.223. The summed E-state index contributed by atoms with van der Waals surface area (Å²) in [5.41, 5.74) is 1.66. The van der Waals surface area contributed by atoms with Crippen molar-refractivity contribution in [3.05, 3.63) is 59.5 Å². The van der Waals surface area contributed by atoms with E-state index < -0.39 is 0 Å². The van der Waals surface area contributed by atoms with Crippen molar-refractivity contribution in [2.75, 3.05) is 6.54 Å². The van der Waals surface area contributed by atoms with Crippen molar-refractivity contribution in [3.8, 4) is 0 Å². The number of nitrogens with one attached hydrogen (secondary N) is 1. The molecule has 0 aliphatic heterocycles. The molecule has 1 heterocycles. The molecule has 106 valence electrons. The lowest BCUT2D eigenvalue weighted by atomic mass is 9.86. The van der Waals surface area contributed by atoms with Gasteiger partial charge in [0.1, 0.15) is 11.5 Å². The predicted molar refractivity (Wildman–Crippen MR) is 81.8 cm³/mol. The Morgan fingerprint density at radius 2 is 1.90 bits per heavy atom. The molecule has 1 aromatic heterocycles. The summed E-state index contributed by atoms with van der Waals surface area (Å²) in [5.74, 6) is 2.07. The van der Waals surface area contributed by atoms with E-state index in [4.69, 9.17) is 4.42 Å². The number of rotatable bonds is 6. The zero-order valence-corrected chi connectivity index (χ0v) is 12.4. The second-order valence-electron chi connectivity index (χ2n) is 5.86. The van der Waals surface area contributed by atoms with Crippen LogP contribution in [0.5, 0.6) is 0 Å². The highest BCUT2D eigenvalue weighted by atomic mass is 16.3. The van der Waals surface area contributed by atoms with E-state index in [1.165, 1.54) is 18.4 Å². The van der Waals surface area contributed by atoms with E-state index in [0.29, 0.717) is 6.04 Å². The molecule has 1 aliphatic rings. The predicted octanol–water partition coefficient (Wildman–Crippen LogP) is 4.36. The average Bonchev–Trinajstić information content (AvgIpc) is 3.17. The minimum Gasteiger partial charge on any atom is -0.465 e. The van der Waals surface area contributed by atoms with Gasteiger partial charge in [-0.1, -0.05) is 37.3 Å². The Labute approximate surface area is 121 Å². The Bertz CT molecular complexity index is 554. The summed E-state index contributed by atoms with van der Waals surface area (Å²) >= 11 is 0. The summed E-state index contributed by atoms with van der Waals surface area (Å²) in [4.78, 5) is 0. The summed E-state index contributed by atoms with van der Waals surface area (Å²) in [5, 5.41) is 3.71. The van der Waals surface area contributed by atoms with Crippen LogP contribution in [0.4, 0.5) is 0 Å². The smallest absolute Gasteiger partial charge is 0.121 e. The molecule has 0 amide bonds. The van der Waals surface area contributed by atoms with Crippen molar-refractivity contribution < 1.29 is 4.42 Å². The van der Waals surface area contributed by atoms with Gasteiger partial charge in [-0.05, 0) is 50.4 Å². The van der Waals surface area contributed by atoms with Gasteiger partial charge >= 0.3 is 0 Å². The normalized spacial score (nSPS) is 17.9. The molecule has 0 radical (unpaired) electrons. The first-order valence-electron chi connectivity index (χ1n) is 7.61. The second kappa shape index (κ2) is 5.45. The van der Waals surface area contributed by atoms with Crippen LogP contribution in [-0.4, -0.2) is 6.54 Å². The molecular weight excluding hydrogens is 246 g/mol. The van der Waals surface area contributed by atoms with Crippen LogP contribution in [0.3, 0.4) is 0 Å². The largest absolute Gasteiger partial charge is 0.465 e. The SMILES string of the molecule is CCCNC(c1ccc(C)o1)C1(c2ccccc2)CC1. The lowest BCUT2D eigenvalue weighted by Crippen LogP contribution is -2.32. The van der Waals surface area contributed by atoms with E-state index in [2.05, 4.69) is 54.7 Å². The van der Waals surface area contributed by atoms with Crippen LogP contribution in [0.15, 0.2) is 46.9 Å². The number of furan rings is 1. The van der Waals surface area contributed by atoms with E-state index in [1.54, 1.807) is 0 Å². The Morgan fingerprint density at radius 3 is 2.45 bits per heavy atom. The first-order valence-corrected chi connectivity index (χ1v) is 7.61. The van der Waals surface area contributed by atoms with Crippen LogP contribution in [-0.2, 0) is 5.41 Å². The van der Waals surface area contributed by atoms with Gasteiger partial charge in [0.15, 0.2) is 0 Å². The van der Waals surface area contributed by atoms with Crippen LogP contribution < -0.4 is 5.32 Å². The highest BCUT2D eigenvalue weighted by Crippen LogP contribution is 2.56. The van der Waals surface area contributed by atoms with Gasteiger partial charge in [0.05, 0.1) is 6.04 Å². The van der Waals surface area contributed by atoms with Gasteiger partial charge in [-0.3, -0.25) is 0 Å². The Morgan fingerprint density at radius 1 is 1.15 bits per heavy atom. The third kappa shape index (κ3) is 2.40. The molecule has 1 saturated carbocycles.